The van der Waals surface area contributed by atoms with E-state index in [0.717, 1.165) is 36.1 Å². The molecule has 0 bridgehead atoms. The van der Waals surface area contributed by atoms with Gasteiger partial charge in [-0.1, -0.05) is 63.1 Å². The van der Waals surface area contributed by atoms with E-state index in [1.54, 1.807) is 12.1 Å². The van der Waals surface area contributed by atoms with Crippen LogP contribution in [0.3, 0.4) is 0 Å². The third kappa shape index (κ3) is 11.0. The summed E-state index contributed by atoms with van der Waals surface area (Å²) in [6.45, 7) is 11.0. The maximum Gasteiger partial charge on any atom is 0.303 e. The van der Waals surface area contributed by atoms with Crippen molar-refractivity contribution >= 4 is 35.5 Å². The lowest BCUT2D eigenvalue weighted by Crippen LogP contribution is -2.59. The van der Waals surface area contributed by atoms with Crippen molar-refractivity contribution in [3.8, 4) is 5.75 Å². The lowest BCUT2D eigenvalue weighted by Gasteiger charge is -2.44. The summed E-state index contributed by atoms with van der Waals surface area (Å²) >= 11 is 6.65. The summed E-state index contributed by atoms with van der Waals surface area (Å²) in [5, 5.41) is 0.509. The van der Waals surface area contributed by atoms with E-state index in [-0.39, 0.29) is 12.7 Å². The maximum absolute atomic E-state index is 12.3. The van der Waals surface area contributed by atoms with Gasteiger partial charge in [0.2, 0.25) is 0 Å². The van der Waals surface area contributed by atoms with Crippen molar-refractivity contribution in [3.05, 3.63) is 64.2 Å². The molecule has 0 radical (unpaired) electrons. The Balaban J connectivity index is 1.95. The van der Waals surface area contributed by atoms with Crippen LogP contribution in [0.4, 0.5) is 0 Å². The highest BCUT2D eigenvalue weighted by atomic mass is 35.5. The van der Waals surface area contributed by atoms with Gasteiger partial charge < -0.3 is 28.4 Å². The van der Waals surface area contributed by atoms with E-state index >= 15 is 0 Å². The maximum atomic E-state index is 12.3. The second kappa shape index (κ2) is 17.3. The van der Waals surface area contributed by atoms with Crippen LogP contribution in [0.25, 0.3) is 0 Å². The molecule has 0 N–H and O–H groups in total. The number of esters is 4. The average molecular weight is 661 g/mol. The van der Waals surface area contributed by atoms with Crippen molar-refractivity contribution in [1.29, 1.82) is 0 Å². The number of benzene rings is 2. The Hall–Kier alpha value is -3.63. The highest BCUT2D eigenvalue weighted by molar-refractivity contribution is 6.31. The van der Waals surface area contributed by atoms with Gasteiger partial charge in [0.25, 0.3) is 0 Å². The van der Waals surface area contributed by atoms with E-state index in [4.69, 9.17) is 40.0 Å². The molecular weight excluding hydrogens is 616 g/mol. The van der Waals surface area contributed by atoms with Gasteiger partial charge in [0, 0.05) is 32.7 Å². The van der Waals surface area contributed by atoms with Crippen molar-refractivity contribution in [2.24, 2.45) is 5.92 Å². The van der Waals surface area contributed by atoms with Gasteiger partial charge in [-0.25, -0.2) is 0 Å². The van der Waals surface area contributed by atoms with E-state index in [2.05, 4.69) is 20.8 Å². The second-order valence-corrected chi connectivity index (χ2v) is 12.4. The minimum absolute atomic E-state index is 0.156. The minimum Gasteiger partial charge on any atom is -0.490 e. The minimum atomic E-state index is -1.26. The predicted octanol–water partition coefficient (Wildman–Crippen LogP) is 6.32. The first-order chi connectivity index (χ1) is 21.8. The van der Waals surface area contributed by atoms with Crippen molar-refractivity contribution in [2.45, 2.75) is 111 Å². The zero-order valence-electron chi connectivity index (χ0n) is 27.6. The summed E-state index contributed by atoms with van der Waals surface area (Å²) < 4.78 is 34.5. The van der Waals surface area contributed by atoms with E-state index in [0.29, 0.717) is 22.9 Å². The van der Waals surface area contributed by atoms with Gasteiger partial charge in [0.15, 0.2) is 18.3 Å². The molecule has 10 nitrogen and oxygen atoms in total. The summed E-state index contributed by atoms with van der Waals surface area (Å²) in [6.07, 6.45) is -2.09. The molecule has 11 heteroatoms. The molecule has 6 atom stereocenters. The second-order valence-electron chi connectivity index (χ2n) is 11.9. The molecule has 1 aliphatic rings. The summed E-state index contributed by atoms with van der Waals surface area (Å²) in [5.74, 6) is -1.29. The average Bonchev–Trinajstić information content (AvgIpc) is 2.95. The van der Waals surface area contributed by atoms with Crippen molar-refractivity contribution in [2.75, 3.05) is 6.61 Å². The number of ether oxygens (including phenoxy) is 6. The van der Waals surface area contributed by atoms with Crippen LogP contribution in [0.5, 0.6) is 5.75 Å². The fraction of sp³-hybridized carbons (Fsp3) is 0.543. The quantitative estimate of drug-likeness (QED) is 0.168. The van der Waals surface area contributed by atoms with Crippen LogP contribution in [0.2, 0.25) is 5.02 Å². The van der Waals surface area contributed by atoms with E-state index in [1.807, 2.05) is 30.3 Å². The number of carbonyl (C=O) groups excluding carboxylic acids is 4. The topological polar surface area (TPSA) is 124 Å². The first-order valence-corrected chi connectivity index (χ1v) is 16.0. The van der Waals surface area contributed by atoms with E-state index in [1.165, 1.54) is 27.7 Å². The Bertz CT molecular complexity index is 1340. The standard InChI is InChI=1S/C35H45ClO10/c1-8-9-29(16-20(2)3)45-28-13-10-25(11-14-28)17-27-18-26(12-15-30(27)36)32-34(43-23(6)39)35(44-24(7)40)33(42-22(5)38)31(46-32)19-41-21(4)37/h10-15,18,20,29,31-35H,8-9,16-17,19H2,1-7H3/t29-,31+,32+,33+,34-,35-/m0/s1. The molecular formula is C35H45ClO10. The molecule has 1 aliphatic heterocycles. The summed E-state index contributed by atoms with van der Waals surface area (Å²) in [5.41, 5.74) is 2.32. The van der Waals surface area contributed by atoms with Gasteiger partial charge in [-0.05, 0) is 60.1 Å². The molecule has 0 aromatic heterocycles. The molecule has 1 heterocycles. The fourth-order valence-corrected chi connectivity index (χ4v) is 5.76. The largest absolute Gasteiger partial charge is 0.490 e. The molecule has 1 fully saturated rings. The smallest absolute Gasteiger partial charge is 0.303 e. The fourth-order valence-electron chi connectivity index (χ4n) is 5.57. The third-order valence-corrected chi connectivity index (χ3v) is 7.72. The molecule has 0 saturated carbocycles. The van der Waals surface area contributed by atoms with Gasteiger partial charge >= 0.3 is 23.9 Å². The van der Waals surface area contributed by atoms with Crippen molar-refractivity contribution in [1.82, 2.24) is 0 Å². The van der Waals surface area contributed by atoms with E-state index in [9.17, 15) is 19.2 Å². The lowest BCUT2D eigenvalue weighted by atomic mass is 9.89. The normalized spacial score (nSPS) is 21.6. The number of hydrogen-bond acceptors (Lipinski definition) is 10. The third-order valence-electron chi connectivity index (χ3n) is 7.35. The highest BCUT2D eigenvalue weighted by Crippen LogP contribution is 2.39. The van der Waals surface area contributed by atoms with Crippen LogP contribution in [0, 0.1) is 5.92 Å². The monoisotopic (exact) mass is 660 g/mol. The molecule has 2 aromatic carbocycles. The molecule has 1 saturated heterocycles. The Morgan fingerprint density at radius 3 is 2.00 bits per heavy atom. The first-order valence-electron chi connectivity index (χ1n) is 15.6. The van der Waals surface area contributed by atoms with Crippen molar-refractivity contribution < 1.29 is 47.6 Å². The molecule has 3 rings (SSSR count). The van der Waals surface area contributed by atoms with Crippen LogP contribution >= 0.6 is 11.6 Å². The summed E-state index contributed by atoms with van der Waals surface area (Å²) in [6, 6.07) is 13.1. The first kappa shape index (κ1) is 36.8. The zero-order valence-corrected chi connectivity index (χ0v) is 28.3. The number of hydrogen-bond donors (Lipinski definition) is 0. The van der Waals surface area contributed by atoms with Gasteiger partial charge in [-0.3, -0.25) is 19.2 Å². The Kier molecular flexibility index (Phi) is 13.9. The predicted molar refractivity (Wildman–Crippen MR) is 170 cm³/mol. The molecule has 0 amide bonds. The zero-order chi connectivity index (χ0) is 34.0. The van der Waals surface area contributed by atoms with Crippen LogP contribution in [-0.2, 0) is 49.3 Å². The van der Waals surface area contributed by atoms with Crippen LogP contribution < -0.4 is 4.74 Å². The lowest BCUT2D eigenvalue weighted by molar-refractivity contribution is -0.254. The van der Waals surface area contributed by atoms with Gasteiger partial charge in [0.05, 0.1) is 6.10 Å². The SMILES string of the molecule is CCC[C@@H](CC(C)C)Oc1ccc(Cc2cc([C@H]3O[C@H](COC(C)=O)[C@@H](OC(C)=O)[C@H](OC(C)=O)[C@H]3OC(C)=O)ccc2Cl)cc1. The Morgan fingerprint density at radius 2 is 1.43 bits per heavy atom. The molecule has 0 unspecified atom stereocenters. The molecule has 0 aliphatic carbocycles. The van der Waals surface area contributed by atoms with Crippen molar-refractivity contribution in [3.63, 3.8) is 0 Å². The molecule has 0 spiro atoms. The Labute approximate surface area is 276 Å². The number of carbonyl (C=O) groups is 4. The van der Waals surface area contributed by atoms with Gasteiger partial charge in [-0.15, -0.1) is 0 Å². The van der Waals surface area contributed by atoms with Gasteiger partial charge in [-0.2, -0.15) is 0 Å². The molecule has 2 aromatic rings. The Morgan fingerprint density at radius 1 is 0.826 bits per heavy atom. The van der Waals surface area contributed by atoms with Gasteiger partial charge in [0.1, 0.15) is 24.6 Å². The molecule has 252 valence electrons. The number of rotatable bonds is 14. The van der Waals surface area contributed by atoms with Crippen LogP contribution in [0.15, 0.2) is 42.5 Å². The van der Waals surface area contributed by atoms with Crippen LogP contribution in [-0.4, -0.2) is 61.0 Å². The number of halogens is 1. The highest BCUT2D eigenvalue weighted by Gasteiger charge is 2.52. The van der Waals surface area contributed by atoms with Crippen LogP contribution in [0.1, 0.15) is 90.5 Å². The summed E-state index contributed by atoms with van der Waals surface area (Å²) in [7, 11) is 0. The molecule has 46 heavy (non-hydrogen) atoms. The van der Waals surface area contributed by atoms with E-state index < -0.39 is 54.4 Å². The summed E-state index contributed by atoms with van der Waals surface area (Å²) in [4.78, 5) is 48.2.